The van der Waals surface area contributed by atoms with E-state index < -0.39 is 0 Å². The highest BCUT2D eigenvalue weighted by Crippen LogP contribution is 2.49. The van der Waals surface area contributed by atoms with Gasteiger partial charge in [-0.05, 0) is 66.1 Å². The molecule has 32 heavy (non-hydrogen) atoms. The number of amides is 2. The fraction of sp³-hybridized carbons (Fsp3) is 0.320. The Morgan fingerprint density at radius 3 is 2.25 bits per heavy atom. The van der Waals surface area contributed by atoms with E-state index >= 15 is 0 Å². The number of carbonyl (C=O) groups is 2. The van der Waals surface area contributed by atoms with E-state index in [2.05, 4.69) is 17.3 Å². The van der Waals surface area contributed by atoms with Gasteiger partial charge in [-0.15, -0.1) is 0 Å². The largest absolute Gasteiger partial charge is 0.493 e. The van der Waals surface area contributed by atoms with Crippen molar-refractivity contribution in [3.63, 3.8) is 0 Å². The standard InChI is InChI=1S/C25H23ClN2O4/c1-31-21-12-16(4-11-20(21)32-14-15-2-9-19(26)10-3-15)13-27-28-24(29)22-17-5-6-18(8-7-17)23(22)25(28)30/h2-6,9-13,17-18,22-23H,7-8,14H2,1H3/b27-13-/t17-,18-,22-,23+/m0/s1. The molecule has 3 aliphatic carbocycles. The summed E-state index contributed by atoms with van der Waals surface area (Å²) < 4.78 is 11.3. The highest BCUT2D eigenvalue weighted by atomic mass is 35.5. The van der Waals surface area contributed by atoms with Crippen LogP contribution < -0.4 is 9.47 Å². The van der Waals surface area contributed by atoms with Crippen LogP contribution >= 0.6 is 11.6 Å². The Kier molecular flexibility index (Phi) is 5.47. The molecule has 2 aromatic carbocycles. The normalized spacial score (nSPS) is 26.1. The van der Waals surface area contributed by atoms with Crippen molar-refractivity contribution in [1.29, 1.82) is 0 Å². The van der Waals surface area contributed by atoms with Crippen molar-refractivity contribution >= 4 is 29.6 Å². The van der Waals surface area contributed by atoms with Gasteiger partial charge in [0.2, 0.25) is 0 Å². The summed E-state index contributed by atoms with van der Waals surface area (Å²) in [5.41, 5.74) is 1.69. The molecule has 2 aromatic rings. The molecule has 2 fully saturated rings. The van der Waals surface area contributed by atoms with Gasteiger partial charge in [0.1, 0.15) is 6.61 Å². The summed E-state index contributed by atoms with van der Waals surface area (Å²) in [6, 6.07) is 12.8. The molecule has 1 aliphatic heterocycles. The molecular formula is C25H23ClN2O4. The summed E-state index contributed by atoms with van der Waals surface area (Å²) in [5, 5.41) is 5.99. The molecule has 1 heterocycles. The first-order valence-corrected chi connectivity index (χ1v) is 11.1. The lowest BCUT2D eigenvalue weighted by Gasteiger charge is -2.37. The van der Waals surface area contributed by atoms with Crippen molar-refractivity contribution in [3.8, 4) is 11.5 Å². The number of hydrazone groups is 1. The molecule has 0 aromatic heterocycles. The first kappa shape index (κ1) is 20.8. The number of allylic oxidation sites excluding steroid dienone is 2. The van der Waals surface area contributed by atoms with E-state index in [0.717, 1.165) is 23.4 Å². The number of ether oxygens (including phenoxy) is 2. The van der Waals surface area contributed by atoms with Crippen LogP contribution in [-0.2, 0) is 16.2 Å². The van der Waals surface area contributed by atoms with E-state index in [1.165, 1.54) is 6.21 Å². The fourth-order valence-corrected chi connectivity index (χ4v) is 5.05. The van der Waals surface area contributed by atoms with Crippen molar-refractivity contribution in [1.82, 2.24) is 5.01 Å². The van der Waals surface area contributed by atoms with Gasteiger partial charge < -0.3 is 9.47 Å². The summed E-state index contributed by atoms with van der Waals surface area (Å²) >= 11 is 5.92. The highest BCUT2D eigenvalue weighted by molar-refractivity contribution is 6.30. The number of carbonyl (C=O) groups excluding carboxylic acids is 2. The maximum Gasteiger partial charge on any atom is 0.254 e. The second kappa shape index (κ2) is 8.43. The predicted molar refractivity (Wildman–Crippen MR) is 121 cm³/mol. The minimum Gasteiger partial charge on any atom is -0.493 e. The van der Waals surface area contributed by atoms with Crippen molar-refractivity contribution in [2.45, 2.75) is 19.4 Å². The third kappa shape index (κ3) is 3.69. The van der Waals surface area contributed by atoms with Crippen molar-refractivity contribution in [2.75, 3.05) is 7.11 Å². The molecule has 2 bridgehead atoms. The lowest BCUT2D eigenvalue weighted by Crippen LogP contribution is -2.38. The molecule has 6 nitrogen and oxygen atoms in total. The number of benzene rings is 2. The third-order valence-electron chi connectivity index (χ3n) is 6.55. The van der Waals surface area contributed by atoms with Gasteiger partial charge in [0.15, 0.2) is 11.5 Å². The third-order valence-corrected chi connectivity index (χ3v) is 6.81. The monoisotopic (exact) mass is 450 g/mol. The summed E-state index contributed by atoms with van der Waals surface area (Å²) in [5.74, 6) is 0.524. The molecule has 1 saturated heterocycles. The summed E-state index contributed by atoms with van der Waals surface area (Å²) in [4.78, 5) is 25.8. The van der Waals surface area contributed by atoms with Crippen molar-refractivity contribution in [2.24, 2.45) is 28.8 Å². The zero-order valence-corrected chi connectivity index (χ0v) is 18.4. The molecule has 164 valence electrons. The van der Waals surface area contributed by atoms with E-state index in [4.69, 9.17) is 21.1 Å². The minimum absolute atomic E-state index is 0.152. The number of fused-ring (bicyclic) bond motifs is 1. The Labute approximate surface area is 191 Å². The molecule has 4 aliphatic rings. The second-order valence-electron chi connectivity index (χ2n) is 8.40. The van der Waals surface area contributed by atoms with Crippen LogP contribution in [0.2, 0.25) is 5.02 Å². The number of imide groups is 1. The molecule has 0 spiro atoms. The van der Waals surface area contributed by atoms with Gasteiger partial charge >= 0.3 is 0 Å². The van der Waals surface area contributed by atoms with E-state index in [9.17, 15) is 9.59 Å². The smallest absolute Gasteiger partial charge is 0.254 e. The van der Waals surface area contributed by atoms with Crippen LogP contribution in [0.3, 0.4) is 0 Å². The SMILES string of the molecule is COc1cc(/C=N\N2C(=O)[C@@H]3[C@H](C2=O)[C@H]2C=C[C@H]3CC2)ccc1OCc1ccc(Cl)cc1. The maximum absolute atomic E-state index is 12.9. The minimum atomic E-state index is -0.262. The van der Waals surface area contributed by atoms with Gasteiger partial charge in [0.25, 0.3) is 11.8 Å². The molecule has 1 saturated carbocycles. The molecule has 2 amide bonds. The van der Waals surface area contributed by atoms with Crippen molar-refractivity contribution < 1.29 is 19.1 Å². The highest BCUT2D eigenvalue weighted by Gasteiger charge is 2.56. The van der Waals surface area contributed by atoms with E-state index in [1.807, 2.05) is 30.3 Å². The van der Waals surface area contributed by atoms with Gasteiger partial charge in [-0.25, -0.2) is 0 Å². The van der Waals surface area contributed by atoms with Crippen LogP contribution in [0, 0.1) is 23.7 Å². The van der Waals surface area contributed by atoms with Gasteiger partial charge in [-0.3, -0.25) is 9.59 Å². The Balaban J connectivity index is 1.30. The molecule has 7 heteroatoms. The summed E-state index contributed by atoms with van der Waals surface area (Å²) in [7, 11) is 1.56. The van der Waals surface area contributed by atoms with Crippen LogP contribution in [0.4, 0.5) is 0 Å². The Morgan fingerprint density at radius 2 is 1.66 bits per heavy atom. The maximum atomic E-state index is 12.9. The van der Waals surface area contributed by atoms with E-state index in [1.54, 1.807) is 19.2 Å². The van der Waals surface area contributed by atoms with Gasteiger partial charge in [-0.2, -0.15) is 10.1 Å². The fourth-order valence-electron chi connectivity index (χ4n) is 4.92. The second-order valence-corrected chi connectivity index (χ2v) is 8.84. The van der Waals surface area contributed by atoms with Gasteiger partial charge in [0.05, 0.1) is 25.2 Å². The van der Waals surface area contributed by atoms with Gasteiger partial charge in [0, 0.05) is 5.02 Å². The average molecular weight is 451 g/mol. The van der Waals surface area contributed by atoms with Crippen LogP contribution in [0.5, 0.6) is 11.5 Å². The van der Waals surface area contributed by atoms with E-state index in [-0.39, 0.29) is 35.5 Å². The number of hydrogen-bond acceptors (Lipinski definition) is 5. The Morgan fingerprint density at radius 1 is 1.00 bits per heavy atom. The number of methoxy groups -OCH3 is 1. The lowest BCUT2D eigenvalue weighted by atomic mass is 9.63. The number of nitrogens with zero attached hydrogens (tertiary/aromatic N) is 2. The van der Waals surface area contributed by atoms with Crippen LogP contribution in [0.15, 0.2) is 59.7 Å². The Hall–Kier alpha value is -3.12. The quantitative estimate of drug-likeness (QED) is 0.370. The van der Waals surface area contributed by atoms with Gasteiger partial charge in [-0.1, -0.05) is 35.9 Å². The zero-order chi connectivity index (χ0) is 22.2. The average Bonchev–Trinajstić information content (AvgIpc) is 3.10. The topological polar surface area (TPSA) is 68.2 Å². The first-order valence-electron chi connectivity index (χ1n) is 10.7. The predicted octanol–water partition coefficient (Wildman–Crippen LogP) is 4.46. The summed E-state index contributed by atoms with van der Waals surface area (Å²) in [6.45, 7) is 0.372. The zero-order valence-electron chi connectivity index (χ0n) is 17.6. The molecule has 0 unspecified atom stereocenters. The molecule has 4 atom stereocenters. The lowest BCUT2D eigenvalue weighted by molar-refractivity contribution is -0.140. The number of hydrogen-bond donors (Lipinski definition) is 0. The number of rotatable bonds is 6. The number of halogens is 1. The summed E-state index contributed by atoms with van der Waals surface area (Å²) in [6.07, 6.45) is 7.65. The molecule has 6 rings (SSSR count). The van der Waals surface area contributed by atoms with Crippen LogP contribution in [0.25, 0.3) is 0 Å². The van der Waals surface area contributed by atoms with E-state index in [0.29, 0.717) is 28.7 Å². The van der Waals surface area contributed by atoms with Crippen molar-refractivity contribution in [3.05, 3.63) is 70.8 Å². The Bertz CT molecular complexity index is 1080. The molecular weight excluding hydrogens is 428 g/mol. The molecule has 0 radical (unpaired) electrons. The van der Waals surface area contributed by atoms with Crippen LogP contribution in [0.1, 0.15) is 24.0 Å². The molecule has 0 N–H and O–H groups in total. The first-order chi connectivity index (χ1) is 15.5. The van der Waals surface area contributed by atoms with Crippen LogP contribution in [-0.4, -0.2) is 30.1 Å².